The van der Waals surface area contributed by atoms with Crippen LogP contribution in [0, 0.1) is 0 Å². The smallest absolute Gasteiger partial charge is 0.365 e. The van der Waals surface area contributed by atoms with Gasteiger partial charge in [0.1, 0.15) is 6.33 Å². The quantitative estimate of drug-likeness (QED) is 0.671. The van der Waals surface area contributed by atoms with Crippen molar-refractivity contribution >= 4 is 5.97 Å². The molecular formula is C12H16N2O3. The van der Waals surface area contributed by atoms with Gasteiger partial charge in [-0.25, -0.2) is 9.78 Å². The van der Waals surface area contributed by atoms with Gasteiger partial charge in [0.05, 0.1) is 6.20 Å². The van der Waals surface area contributed by atoms with Crippen LogP contribution in [0.4, 0.5) is 0 Å². The first-order valence-electron chi connectivity index (χ1n) is 5.16. The Morgan fingerprint density at radius 3 is 2.53 bits per heavy atom. The van der Waals surface area contributed by atoms with E-state index in [2.05, 4.69) is 18.1 Å². The predicted molar refractivity (Wildman–Crippen MR) is 63.2 cm³/mol. The SMILES string of the molecule is C=CCC(CC=C)(OC)C(=O)On1ccnc1. The van der Waals surface area contributed by atoms with Crippen molar-refractivity contribution in [1.29, 1.82) is 0 Å². The Morgan fingerprint density at radius 1 is 1.47 bits per heavy atom. The molecule has 0 bridgehead atoms. The van der Waals surface area contributed by atoms with E-state index in [4.69, 9.17) is 9.57 Å². The van der Waals surface area contributed by atoms with Gasteiger partial charge >= 0.3 is 5.97 Å². The fourth-order valence-electron chi connectivity index (χ4n) is 1.45. The molecule has 0 aliphatic rings. The molecular weight excluding hydrogens is 220 g/mol. The van der Waals surface area contributed by atoms with Gasteiger partial charge in [-0.15, -0.1) is 13.2 Å². The number of imidazole rings is 1. The van der Waals surface area contributed by atoms with E-state index in [1.807, 2.05) is 0 Å². The Balaban J connectivity index is 2.84. The summed E-state index contributed by atoms with van der Waals surface area (Å²) in [5, 5.41) is 0. The average Bonchev–Trinajstić information content (AvgIpc) is 2.81. The predicted octanol–water partition coefficient (Wildman–Crippen LogP) is 1.38. The molecule has 17 heavy (non-hydrogen) atoms. The molecule has 5 heteroatoms. The Morgan fingerprint density at radius 2 is 2.12 bits per heavy atom. The summed E-state index contributed by atoms with van der Waals surface area (Å²) in [7, 11) is 1.46. The van der Waals surface area contributed by atoms with Gasteiger partial charge in [-0.3, -0.25) is 0 Å². The molecule has 1 aromatic rings. The first-order valence-corrected chi connectivity index (χ1v) is 5.16. The van der Waals surface area contributed by atoms with Crippen LogP contribution in [0.2, 0.25) is 0 Å². The maximum atomic E-state index is 12.1. The number of ether oxygens (including phenoxy) is 1. The maximum absolute atomic E-state index is 12.1. The minimum Gasteiger partial charge on any atom is -0.366 e. The standard InChI is InChI=1S/C12H16N2O3/c1-4-6-12(16-3,7-5-2)11(15)17-14-9-8-13-10-14/h4-5,8-10H,1-2,6-7H2,3H3. The first kappa shape index (κ1) is 13.2. The second kappa shape index (κ2) is 6.00. The number of carbonyl (C=O) groups is 1. The number of rotatable bonds is 7. The van der Waals surface area contributed by atoms with Crippen molar-refractivity contribution in [1.82, 2.24) is 9.71 Å². The molecule has 0 saturated carbocycles. The van der Waals surface area contributed by atoms with Crippen molar-refractivity contribution in [3.63, 3.8) is 0 Å². The maximum Gasteiger partial charge on any atom is 0.365 e. The summed E-state index contributed by atoms with van der Waals surface area (Å²) >= 11 is 0. The second-order valence-electron chi connectivity index (χ2n) is 3.49. The van der Waals surface area contributed by atoms with Crippen LogP contribution in [0.3, 0.4) is 0 Å². The summed E-state index contributed by atoms with van der Waals surface area (Å²) in [5.74, 6) is -0.502. The van der Waals surface area contributed by atoms with Gasteiger partial charge in [-0.1, -0.05) is 12.2 Å². The van der Waals surface area contributed by atoms with Gasteiger partial charge in [0.2, 0.25) is 0 Å². The lowest BCUT2D eigenvalue weighted by Crippen LogP contribution is -2.45. The Bertz CT molecular complexity index is 374. The number of hydrogen-bond acceptors (Lipinski definition) is 4. The lowest BCUT2D eigenvalue weighted by atomic mass is 9.95. The molecule has 0 radical (unpaired) electrons. The van der Waals surface area contributed by atoms with Crippen LogP contribution in [0.5, 0.6) is 0 Å². The number of aromatic nitrogens is 2. The molecule has 0 aromatic carbocycles. The number of hydrogen-bond donors (Lipinski definition) is 0. The van der Waals surface area contributed by atoms with Crippen LogP contribution >= 0.6 is 0 Å². The van der Waals surface area contributed by atoms with E-state index in [0.29, 0.717) is 12.8 Å². The molecule has 0 unspecified atom stereocenters. The second-order valence-corrected chi connectivity index (χ2v) is 3.49. The van der Waals surface area contributed by atoms with E-state index in [0.717, 1.165) is 0 Å². The van der Waals surface area contributed by atoms with Crippen LogP contribution in [-0.2, 0) is 9.53 Å². The molecule has 0 N–H and O–H groups in total. The molecule has 0 fully saturated rings. The topological polar surface area (TPSA) is 53.4 Å². The molecule has 0 aliphatic heterocycles. The van der Waals surface area contributed by atoms with Gasteiger partial charge < -0.3 is 9.57 Å². The van der Waals surface area contributed by atoms with E-state index in [1.54, 1.807) is 12.2 Å². The normalized spacial score (nSPS) is 10.9. The van der Waals surface area contributed by atoms with Gasteiger partial charge in [0.25, 0.3) is 0 Å². The van der Waals surface area contributed by atoms with Crippen molar-refractivity contribution in [3.05, 3.63) is 44.0 Å². The summed E-state index contributed by atoms with van der Waals surface area (Å²) in [6.07, 6.45) is 8.36. The summed E-state index contributed by atoms with van der Waals surface area (Å²) in [4.78, 5) is 20.9. The Kier molecular flexibility index (Phi) is 4.66. The minimum atomic E-state index is -1.08. The number of methoxy groups -OCH3 is 1. The van der Waals surface area contributed by atoms with E-state index in [1.165, 1.54) is 30.6 Å². The first-order chi connectivity index (χ1) is 8.18. The number of nitrogens with zero attached hydrogens (tertiary/aromatic N) is 2. The Hall–Kier alpha value is -1.88. The van der Waals surface area contributed by atoms with E-state index >= 15 is 0 Å². The fraction of sp³-hybridized carbons (Fsp3) is 0.333. The van der Waals surface area contributed by atoms with Crippen molar-refractivity contribution in [2.45, 2.75) is 18.4 Å². The van der Waals surface area contributed by atoms with Gasteiger partial charge in [-0.05, 0) is 0 Å². The van der Waals surface area contributed by atoms with E-state index in [-0.39, 0.29) is 0 Å². The third-order valence-electron chi connectivity index (χ3n) is 2.38. The molecule has 1 aromatic heterocycles. The average molecular weight is 236 g/mol. The molecule has 1 rings (SSSR count). The van der Waals surface area contributed by atoms with Crippen molar-refractivity contribution < 1.29 is 14.4 Å². The molecule has 1 heterocycles. The zero-order valence-corrected chi connectivity index (χ0v) is 9.83. The monoisotopic (exact) mass is 236 g/mol. The van der Waals surface area contributed by atoms with E-state index < -0.39 is 11.6 Å². The van der Waals surface area contributed by atoms with Crippen molar-refractivity contribution in [2.75, 3.05) is 7.11 Å². The number of carbonyl (C=O) groups excluding carboxylic acids is 1. The zero-order chi connectivity index (χ0) is 12.7. The largest absolute Gasteiger partial charge is 0.366 e. The lowest BCUT2D eigenvalue weighted by Gasteiger charge is -2.27. The van der Waals surface area contributed by atoms with Crippen LogP contribution in [0.1, 0.15) is 12.8 Å². The molecule has 92 valence electrons. The van der Waals surface area contributed by atoms with Crippen LogP contribution in [0.15, 0.2) is 44.0 Å². The highest BCUT2D eigenvalue weighted by atomic mass is 16.7. The Labute approximate surface area is 100 Å². The summed E-state index contributed by atoms with van der Waals surface area (Å²) < 4.78 is 6.50. The zero-order valence-electron chi connectivity index (χ0n) is 9.83. The highest BCUT2D eigenvalue weighted by Crippen LogP contribution is 2.22. The summed E-state index contributed by atoms with van der Waals surface area (Å²) in [6.45, 7) is 7.23. The van der Waals surface area contributed by atoms with Crippen LogP contribution in [0.25, 0.3) is 0 Å². The minimum absolute atomic E-state index is 0.350. The molecule has 5 nitrogen and oxygen atoms in total. The molecule has 0 atom stereocenters. The van der Waals surface area contributed by atoms with Gasteiger partial charge in [0, 0.05) is 26.1 Å². The highest BCUT2D eigenvalue weighted by Gasteiger charge is 2.38. The van der Waals surface area contributed by atoms with E-state index in [9.17, 15) is 4.79 Å². The summed E-state index contributed by atoms with van der Waals surface area (Å²) in [6, 6.07) is 0. The van der Waals surface area contributed by atoms with Gasteiger partial charge in [-0.2, -0.15) is 4.73 Å². The van der Waals surface area contributed by atoms with Crippen LogP contribution < -0.4 is 4.84 Å². The molecule has 0 spiro atoms. The van der Waals surface area contributed by atoms with Crippen molar-refractivity contribution in [2.24, 2.45) is 0 Å². The van der Waals surface area contributed by atoms with Gasteiger partial charge in [0.15, 0.2) is 5.60 Å². The highest BCUT2D eigenvalue weighted by molar-refractivity contribution is 5.80. The van der Waals surface area contributed by atoms with Crippen molar-refractivity contribution in [3.8, 4) is 0 Å². The molecule has 0 amide bonds. The third kappa shape index (κ3) is 3.04. The third-order valence-corrected chi connectivity index (χ3v) is 2.38. The van der Waals surface area contributed by atoms with Crippen LogP contribution in [-0.4, -0.2) is 28.4 Å². The molecule has 0 saturated heterocycles. The molecule has 0 aliphatic carbocycles. The summed E-state index contributed by atoms with van der Waals surface area (Å²) in [5.41, 5.74) is -1.08. The fourth-order valence-corrected chi connectivity index (χ4v) is 1.45. The lowest BCUT2D eigenvalue weighted by molar-refractivity contribution is -0.169.